The summed E-state index contributed by atoms with van der Waals surface area (Å²) in [5.41, 5.74) is 8.56. The lowest BCUT2D eigenvalue weighted by molar-refractivity contribution is 0.345. The number of nitrogens with zero attached hydrogens (tertiary/aromatic N) is 2. The first-order valence-electron chi connectivity index (χ1n) is 4.94. The van der Waals surface area contributed by atoms with Crippen LogP contribution < -0.4 is 5.73 Å². The van der Waals surface area contributed by atoms with Crippen LogP contribution in [-0.2, 0) is 17.7 Å². The van der Waals surface area contributed by atoms with E-state index in [-0.39, 0.29) is 5.54 Å². The monoisotopic (exact) mass is 211 g/mol. The van der Waals surface area contributed by atoms with Crippen molar-refractivity contribution in [1.29, 1.82) is 0 Å². The average Bonchev–Trinajstić information content (AvgIpc) is 2.44. The van der Waals surface area contributed by atoms with Crippen molar-refractivity contribution in [2.75, 3.05) is 11.5 Å². The van der Waals surface area contributed by atoms with Crippen molar-refractivity contribution in [2.24, 2.45) is 0 Å². The number of fused-ring (bicyclic) bond motifs is 1. The largest absolute Gasteiger partial charge is 0.382 e. The van der Waals surface area contributed by atoms with Crippen LogP contribution in [0.3, 0.4) is 0 Å². The number of aromatic nitrogens is 2. The van der Waals surface area contributed by atoms with E-state index in [1.54, 1.807) is 0 Å². The molecule has 1 aromatic rings. The van der Waals surface area contributed by atoms with E-state index < -0.39 is 0 Å². The van der Waals surface area contributed by atoms with E-state index in [0.717, 1.165) is 18.0 Å². The van der Waals surface area contributed by atoms with Crippen LogP contribution in [0.25, 0.3) is 0 Å². The fourth-order valence-corrected chi connectivity index (χ4v) is 2.82. The molecule has 0 aromatic carbocycles. The Morgan fingerprint density at radius 1 is 1.43 bits per heavy atom. The zero-order valence-electron chi connectivity index (χ0n) is 9.00. The minimum Gasteiger partial charge on any atom is -0.382 e. The number of hydrogen-bond donors (Lipinski definition) is 1. The second-order valence-electron chi connectivity index (χ2n) is 4.70. The van der Waals surface area contributed by atoms with Gasteiger partial charge in [0.25, 0.3) is 0 Å². The molecule has 2 rings (SSSR count). The maximum absolute atomic E-state index is 5.91. The van der Waals surface area contributed by atoms with Crippen molar-refractivity contribution in [2.45, 2.75) is 38.5 Å². The highest BCUT2D eigenvalue weighted by atomic mass is 32.2. The Morgan fingerprint density at radius 2 is 2.14 bits per heavy atom. The number of thioether (sulfide) groups is 1. The molecular weight excluding hydrogens is 194 g/mol. The van der Waals surface area contributed by atoms with E-state index in [1.165, 1.54) is 17.0 Å². The molecule has 4 heteroatoms. The number of hydrogen-bond acceptors (Lipinski definition) is 3. The molecule has 78 valence electrons. The number of nitrogens with two attached hydrogens (primary N) is 1. The molecule has 14 heavy (non-hydrogen) atoms. The SMILES string of the molecule is CC(C)(C)n1nc(N)c2c1CCSC2. The Balaban J connectivity index is 2.52. The molecule has 2 heterocycles. The molecule has 0 saturated carbocycles. The average molecular weight is 211 g/mol. The van der Waals surface area contributed by atoms with Gasteiger partial charge in [-0.3, -0.25) is 4.68 Å². The Labute approximate surface area is 89.1 Å². The highest BCUT2D eigenvalue weighted by Crippen LogP contribution is 2.31. The van der Waals surface area contributed by atoms with Gasteiger partial charge in [0.05, 0.1) is 5.54 Å². The van der Waals surface area contributed by atoms with E-state index >= 15 is 0 Å². The summed E-state index contributed by atoms with van der Waals surface area (Å²) in [6, 6.07) is 0. The summed E-state index contributed by atoms with van der Waals surface area (Å²) in [6.45, 7) is 6.50. The van der Waals surface area contributed by atoms with Gasteiger partial charge >= 0.3 is 0 Å². The molecule has 1 aromatic heterocycles. The molecule has 0 saturated heterocycles. The minimum absolute atomic E-state index is 0.0453. The van der Waals surface area contributed by atoms with Gasteiger partial charge in [-0.15, -0.1) is 0 Å². The molecule has 0 bridgehead atoms. The third-order valence-corrected chi connectivity index (χ3v) is 3.47. The zero-order chi connectivity index (χ0) is 10.3. The van der Waals surface area contributed by atoms with Crippen molar-refractivity contribution in [3.05, 3.63) is 11.3 Å². The summed E-state index contributed by atoms with van der Waals surface area (Å²) in [5, 5.41) is 4.44. The summed E-state index contributed by atoms with van der Waals surface area (Å²) < 4.78 is 2.09. The van der Waals surface area contributed by atoms with E-state index in [1.807, 2.05) is 11.8 Å². The topological polar surface area (TPSA) is 43.8 Å². The highest BCUT2D eigenvalue weighted by molar-refractivity contribution is 7.98. The van der Waals surface area contributed by atoms with Crippen LogP contribution in [0.15, 0.2) is 0 Å². The van der Waals surface area contributed by atoms with Crippen LogP contribution in [-0.4, -0.2) is 15.5 Å². The van der Waals surface area contributed by atoms with Crippen LogP contribution in [0.1, 0.15) is 32.0 Å². The first-order valence-corrected chi connectivity index (χ1v) is 6.10. The molecular formula is C10H17N3S. The second-order valence-corrected chi connectivity index (χ2v) is 5.80. The van der Waals surface area contributed by atoms with Gasteiger partial charge in [-0.1, -0.05) is 0 Å². The highest BCUT2D eigenvalue weighted by Gasteiger charge is 2.25. The van der Waals surface area contributed by atoms with Gasteiger partial charge < -0.3 is 5.73 Å². The predicted molar refractivity (Wildman–Crippen MR) is 61.5 cm³/mol. The van der Waals surface area contributed by atoms with Gasteiger partial charge in [0.15, 0.2) is 0 Å². The first-order chi connectivity index (χ1) is 6.50. The van der Waals surface area contributed by atoms with Crippen molar-refractivity contribution >= 4 is 17.6 Å². The quantitative estimate of drug-likeness (QED) is 0.714. The Kier molecular flexibility index (Phi) is 2.26. The van der Waals surface area contributed by atoms with Crippen LogP contribution >= 0.6 is 11.8 Å². The van der Waals surface area contributed by atoms with E-state index in [4.69, 9.17) is 5.73 Å². The number of rotatable bonds is 0. The molecule has 2 N–H and O–H groups in total. The lowest BCUT2D eigenvalue weighted by Gasteiger charge is -2.24. The summed E-state index contributed by atoms with van der Waals surface area (Å²) in [7, 11) is 0. The first kappa shape index (κ1) is 9.90. The molecule has 3 nitrogen and oxygen atoms in total. The normalized spacial score (nSPS) is 16.8. The van der Waals surface area contributed by atoms with Gasteiger partial charge in [0.1, 0.15) is 5.82 Å². The van der Waals surface area contributed by atoms with Gasteiger partial charge in [-0.2, -0.15) is 16.9 Å². The van der Waals surface area contributed by atoms with Crippen LogP contribution in [0.5, 0.6) is 0 Å². The smallest absolute Gasteiger partial charge is 0.149 e. The van der Waals surface area contributed by atoms with Gasteiger partial charge in [-0.05, 0) is 32.9 Å². The number of nitrogen functional groups attached to an aromatic ring is 1. The maximum atomic E-state index is 5.91. The summed E-state index contributed by atoms with van der Waals surface area (Å²) in [6.07, 6.45) is 1.10. The summed E-state index contributed by atoms with van der Waals surface area (Å²) >= 11 is 1.94. The third kappa shape index (κ3) is 1.52. The van der Waals surface area contributed by atoms with Gasteiger partial charge in [0, 0.05) is 17.0 Å². The summed E-state index contributed by atoms with van der Waals surface area (Å²) in [5.74, 6) is 2.94. The third-order valence-electron chi connectivity index (χ3n) is 2.49. The van der Waals surface area contributed by atoms with Crippen molar-refractivity contribution < 1.29 is 0 Å². The van der Waals surface area contributed by atoms with Gasteiger partial charge in [0.2, 0.25) is 0 Å². The molecule has 1 aliphatic heterocycles. The molecule has 0 spiro atoms. The molecule has 0 aliphatic carbocycles. The molecule has 0 atom stereocenters. The molecule has 0 fully saturated rings. The molecule has 1 aliphatic rings. The van der Waals surface area contributed by atoms with Crippen molar-refractivity contribution in [3.8, 4) is 0 Å². The van der Waals surface area contributed by atoms with Crippen LogP contribution in [0.4, 0.5) is 5.82 Å². The summed E-state index contributed by atoms with van der Waals surface area (Å²) in [4.78, 5) is 0. The minimum atomic E-state index is 0.0453. The van der Waals surface area contributed by atoms with E-state index in [0.29, 0.717) is 0 Å². The van der Waals surface area contributed by atoms with Crippen LogP contribution in [0.2, 0.25) is 0 Å². The van der Waals surface area contributed by atoms with Crippen LogP contribution in [0, 0.1) is 0 Å². The van der Waals surface area contributed by atoms with E-state index in [2.05, 4.69) is 30.6 Å². The van der Waals surface area contributed by atoms with E-state index in [9.17, 15) is 0 Å². The lowest BCUT2D eigenvalue weighted by Crippen LogP contribution is -2.26. The van der Waals surface area contributed by atoms with Crippen molar-refractivity contribution in [1.82, 2.24) is 9.78 Å². The maximum Gasteiger partial charge on any atom is 0.149 e. The molecule has 0 radical (unpaired) electrons. The predicted octanol–water partition coefficient (Wildman–Crippen LogP) is 2.01. The Hall–Kier alpha value is -0.640. The zero-order valence-corrected chi connectivity index (χ0v) is 9.82. The molecule has 0 amide bonds. The second kappa shape index (κ2) is 3.19. The van der Waals surface area contributed by atoms with Gasteiger partial charge in [-0.25, -0.2) is 0 Å². The standard InChI is InChI=1S/C10H17N3S/c1-10(2,3)13-8-4-5-14-6-7(8)9(11)12-13/h4-6H2,1-3H3,(H2,11,12). The molecule has 0 unspecified atom stereocenters. The lowest BCUT2D eigenvalue weighted by atomic mass is 10.1. The number of anilines is 1. The van der Waals surface area contributed by atoms with Crippen molar-refractivity contribution in [3.63, 3.8) is 0 Å². The fraction of sp³-hybridized carbons (Fsp3) is 0.700. The fourth-order valence-electron chi connectivity index (χ4n) is 1.82. The Morgan fingerprint density at radius 3 is 2.79 bits per heavy atom. The Bertz CT molecular complexity index is 349.